The fourth-order valence-corrected chi connectivity index (χ4v) is 3.19. The molecule has 2 nitrogen and oxygen atoms in total. The van der Waals surface area contributed by atoms with E-state index in [1.165, 1.54) is 32.2 Å². The molecule has 2 heteroatoms. The van der Waals surface area contributed by atoms with Crippen molar-refractivity contribution in [1.29, 1.82) is 0 Å². The van der Waals surface area contributed by atoms with Crippen LogP contribution in [0.2, 0.25) is 0 Å². The van der Waals surface area contributed by atoms with Crippen molar-refractivity contribution in [3.05, 3.63) is 0 Å². The molecule has 1 aliphatic heterocycles. The monoisotopic (exact) mass is 224 g/mol. The van der Waals surface area contributed by atoms with Crippen LogP contribution in [0.4, 0.5) is 0 Å². The Kier molecular flexibility index (Phi) is 3.60. The zero-order valence-corrected chi connectivity index (χ0v) is 11.4. The molecular weight excluding hydrogens is 196 g/mol. The van der Waals surface area contributed by atoms with Gasteiger partial charge in [0.1, 0.15) is 0 Å². The summed E-state index contributed by atoms with van der Waals surface area (Å²) in [6, 6.07) is 1.55. The maximum atomic E-state index is 3.76. The summed E-state index contributed by atoms with van der Waals surface area (Å²) in [6.45, 7) is 11.9. The molecular formula is C14H28N2. The van der Waals surface area contributed by atoms with Gasteiger partial charge < -0.3 is 5.32 Å². The Morgan fingerprint density at radius 3 is 2.38 bits per heavy atom. The van der Waals surface area contributed by atoms with Gasteiger partial charge in [0.15, 0.2) is 0 Å². The second kappa shape index (κ2) is 4.66. The van der Waals surface area contributed by atoms with Crippen LogP contribution in [-0.4, -0.2) is 35.6 Å². The van der Waals surface area contributed by atoms with Crippen LogP contribution in [0.5, 0.6) is 0 Å². The highest BCUT2D eigenvalue weighted by molar-refractivity contribution is 5.00. The van der Waals surface area contributed by atoms with Gasteiger partial charge in [-0.1, -0.05) is 13.8 Å². The molecule has 0 amide bonds. The van der Waals surface area contributed by atoms with Crippen LogP contribution in [0.15, 0.2) is 0 Å². The Morgan fingerprint density at radius 2 is 1.88 bits per heavy atom. The lowest BCUT2D eigenvalue weighted by Gasteiger charge is -2.50. The van der Waals surface area contributed by atoms with E-state index in [-0.39, 0.29) is 0 Å². The minimum absolute atomic E-state index is 0.335. The van der Waals surface area contributed by atoms with Crippen molar-refractivity contribution in [2.45, 2.75) is 71.0 Å². The topological polar surface area (TPSA) is 15.3 Å². The first-order valence-electron chi connectivity index (χ1n) is 7.08. The molecule has 1 saturated carbocycles. The lowest BCUT2D eigenvalue weighted by Crippen LogP contribution is -2.65. The van der Waals surface area contributed by atoms with Gasteiger partial charge in [-0.25, -0.2) is 0 Å². The minimum Gasteiger partial charge on any atom is -0.311 e. The Hall–Kier alpha value is -0.0800. The van der Waals surface area contributed by atoms with E-state index in [1.807, 2.05) is 0 Å². The van der Waals surface area contributed by atoms with Gasteiger partial charge in [-0.15, -0.1) is 0 Å². The van der Waals surface area contributed by atoms with Crippen LogP contribution in [-0.2, 0) is 0 Å². The molecule has 0 aromatic rings. The number of rotatable bonds is 4. The van der Waals surface area contributed by atoms with E-state index in [4.69, 9.17) is 0 Å². The average Bonchev–Trinajstić information content (AvgIpc) is 3.05. The van der Waals surface area contributed by atoms with Crippen LogP contribution in [0.25, 0.3) is 0 Å². The largest absolute Gasteiger partial charge is 0.311 e. The highest BCUT2D eigenvalue weighted by Gasteiger charge is 2.41. The molecule has 1 heterocycles. The molecule has 1 N–H and O–H groups in total. The molecule has 0 bridgehead atoms. The lowest BCUT2D eigenvalue weighted by molar-refractivity contribution is 0.0175. The summed E-state index contributed by atoms with van der Waals surface area (Å²) in [5.41, 5.74) is 0.335. The van der Waals surface area contributed by atoms with E-state index in [9.17, 15) is 0 Å². The lowest BCUT2D eigenvalue weighted by atomic mass is 9.92. The first kappa shape index (κ1) is 12.4. The second-order valence-electron chi connectivity index (χ2n) is 6.26. The molecule has 1 aliphatic carbocycles. The highest BCUT2D eigenvalue weighted by Crippen LogP contribution is 2.36. The van der Waals surface area contributed by atoms with Crippen molar-refractivity contribution in [3.63, 3.8) is 0 Å². The van der Waals surface area contributed by atoms with E-state index in [0.29, 0.717) is 5.54 Å². The van der Waals surface area contributed by atoms with Gasteiger partial charge in [-0.05, 0) is 45.4 Å². The van der Waals surface area contributed by atoms with Crippen molar-refractivity contribution in [3.8, 4) is 0 Å². The number of hydrogen-bond acceptors (Lipinski definition) is 2. The fraction of sp³-hybridized carbons (Fsp3) is 1.00. The molecule has 0 aromatic carbocycles. The molecule has 0 spiro atoms. The van der Waals surface area contributed by atoms with Gasteiger partial charge in [0.25, 0.3) is 0 Å². The zero-order chi connectivity index (χ0) is 11.8. The third kappa shape index (κ3) is 2.43. The number of piperazine rings is 1. The van der Waals surface area contributed by atoms with E-state index in [2.05, 4.69) is 37.9 Å². The average molecular weight is 224 g/mol. The Balaban J connectivity index is 2.04. The maximum absolute atomic E-state index is 3.76. The molecule has 1 saturated heterocycles. The summed E-state index contributed by atoms with van der Waals surface area (Å²) >= 11 is 0. The Morgan fingerprint density at radius 1 is 1.25 bits per heavy atom. The molecule has 1 atom stereocenters. The van der Waals surface area contributed by atoms with Crippen molar-refractivity contribution in [2.75, 3.05) is 13.1 Å². The first-order valence-corrected chi connectivity index (χ1v) is 7.08. The molecule has 2 rings (SSSR count). The third-order valence-electron chi connectivity index (χ3n) is 4.54. The van der Waals surface area contributed by atoms with E-state index >= 15 is 0 Å². The smallest absolute Gasteiger partial charge is 0.0281 e. The summed E-state index contributed by atoms with van der Waals surface area (Å²) < 4.78 is 0. The second-order valence-corrected chi connectivity index (χ2v) is 6.26. The summed E-state index contributed by atoms with van der Waals surface area (Å²) in [6.07, 6.45) is 5.48. The normalized spacial score (nSPS) is 30.9. The summed E-state index contributed by atoms with van der Waals surface area (Å²) in [7, 11) is 0. The molecule has 2 aliphatic rings. The molecule has 0 radical (unpaired) electrons. The number of nitrogens with zero attached hydrogens (tertiary/aromatic N) is 1. The Labute approximate surface area is 101 Å². The van der Waals surface area contributed by atoms with Crippen LogP contribution < -0.4 is 5.32 Å². The first-order chi connectivity index (χ1) is 7.58. The predicted molar refractivity (Wildman–Crippen MR) is 69.7 cm³/mol. The van der Waals surface area contributed by atoms with Gasteiger partial charge in [0.2, 0.25) is 0 Å². The molecule has 1 unspecified atom stereocenters. The quantitative estimate of drug-likeness (QED) is 0.790. The van der Waals surface area contributed by atoms with Crippen LogP contribution >= 0.6 is 0 Å². The summed E-state index contributed by atoms with van der Waals surface area (Å²) in [5.74, 6) is 0.980. The summed E-state index contributed by atoms with van der Waals surface area (Å²) in [4.78, 5) is 2.77. The predicted octanol–water partition coefficient (Wildman–Crippen LogP) is 2.64. The summed E-state index contributed by atoms with van der Waals surface area (Å²) in [5, 5.41) is 3.76. The molecule has 0 aromatic heterocycles. The van der Waals surface area contributed by atoms with Gasteiger partial charge in [-0.2, -0.15) is 0 Å². The number of hydrogen-bond donors (Lipinski definition) is 1. The third-order valence-corrected chi connectivity index (χ3v) is 4.54. The van der Waals surface area contributed by atoms with Gasteiger partial charge in [0.05, 0.1) is 0 Å². The standard InChI is InChI=1S/C14H28N2/c1-5-12(6-2)16-9-13(11-7-8-11)15-10-14(16,3)4/h11-13,15H,5-10H2,1-4H3. The van der Waals surface area contributed by atoms with Crippen LogP contribution in [0.1, 0.15) is 53.4 Å². The highest BCUT2D eigenvalue weighted by atomic mass is 15.3. The zero-order valence-electron chi connectivity index (χ0n) is 11.4. The SMILES string of the molecule is CCC(CC)N1CC(C2CC2)NCC1(C)C. The van der Waals surface area contributed by atoms with E-state index < -0.39 is 0 Å². The fourth-order valence-electron chi connectivity index (χ4n) is 3.19. The van der Waals surface area contributed by atoms with Crippen LogP contribution in [0, 0.1) is 5.92 Å². The van der Waals surface area contributed by atoms with Crippen molar-refractivity contribution in [2.24, 2.45) is 5.92 Å². The van der Waals surface area contributed by atoms with Gasteiger partial charge >= 0.3 is 0 Å². The van der Waals surface area contributed by atoms with Crippen molar-refractivity contribution >= 4 is 0 Å². The van der Waals surface area contributed by atoms with Gasteiger partial charge in [0, 0.05) is 30.7 Å². The van der Waals surface area contributed by atoms with E-state index in [1.54, 1.807) is 0 Å². The van der Waals surface area contributed by atoms with Crippen molar-refractivity contribution in [1.82, 2.24) is 10.2 Å². The van der Waals surface area contributed by atoms with Crippen molar-refractivity contribution < 1.29 is 0 Å². The minimum atomic E-state index is 0.335. The number of nitrogens with one attached hydrogen (secondary N) is 1. The van der Waals surface area contributed by atoms with Gasteiger partial charge in [-0.3, -0.25) is 4.90 Å². The molecule has 16 heavy (non-hydrogen) atoms. The van der Waals surface area contributed by atoms with E-state index in [0.717, 1.165) is 24.5 Å². The van der Waals surface area contributed by atoms with Crippen LogP contribution in [0.3, 0.4) is 0 Å². The molecule has 94 valence electrons. The molecule has 2 fully saturated rings. The maximum Gasteiger partial charge on any atom is 0.0281 e. The Bertz CT molecular complexity index is 229.